The van der Waals surface area contributed by atoms with E-state index in [2.05, 4.69) is 4.90 Å². The number of nitrogens with one attached hydrogen (secondary N) is 1. The average Bonchev–Trinajstić information content (AvgIpc) is 2.89. The normalized spacial score (nSPS) is 24.4. The van der Waals surface area contributed by atoms with E-state index in [1.165, 1.54) is 0 Å². The van der Waals surface area contributed by atoms with Crippen LogP contribution in [0.4, 0.5) is 16.2 Å². The van der Waals surface area contributed by atoms with Crippen LogP contribution in [0.2, 0.25) is 0 Å². The van der Waals surface area contributed by atoms with E-state index in [4.69, 9.17) is 9.52 Å². The lowest BCUT2D eigenvalue weighted by Crippen LogP contribution is -2.39. The monoisotopic (exact) mass is 323 g/mol. The fourth-order valence-electron chi connectivity index (χ4n) is 2.78. The maximum Gasteiger partial charge on any atom is 0.414 e. The van der Waals surface area contributed by atoms with Crippen LogP contribution in [0.5, 0.6) is 0 Å². The molecule has 2 heterocycles. The van der Waals surface area contributed by atoms with Crippen LogP contribution in [0.3, 0.4) is 0 Å². The number of carbonyl (C=O) groups is 1. The first kappa shape index (κ1) is 15.1. The molecule has 22 heavy (non-hydrogen) atoms. The summed E-state index contributed by atoms with van der Waals surface area (Å²) in [6.07, 6.45) is 0.506. The summed E-state index contributed by atoms with van der Waals surface area (Å²) in [5.41, 5.74) is 1.88. The van der Waals surface area contributed by atoms with Crippen molar-refractivity contribution in [2.75, 3.05) is 40.9 Å². The highest BCUT2D eigenvalue weighted by Gasteiger charge is 2.31. The number of hydrogen-bond acceptors (Lipinski definition) is 5. The van der Waals surface area contributed by atoms with E-state index < -0.39 is 9.73 Å². The second kappa shape index (κ2) is 5.79. The summed E-state index contributed by atoms with van der Waals surface area (Å²) in [7, 11) is -2.37. The maximum absolute atomic E-state index is 11.8. The number of anilines is 2. The number of carbonyl (C=O) groups excluding carboxylic acids is 1. The summed E-state index contributed by atoms with van der Waals surface area (Å²) < 4.78 is 24.6. The highest BCUT2D eigenvalue weighted by atomic mass is 32.2. The van der Waals surface area contributed by atoms with Crippen LogP contribution in [-0.2, 0) is 14.5 Å². The van der Waals surface area contributed by atoms with Gasteiger partial charge in [-0.05, 0) is 30.7 Å². The Bertz CT molecular complexity index is 643. The summed E-state index contributed by atoms with van der Waals surface area (Å²) in [6, 6.07) is 7.78. The summed E-state index contributed by atoms with van der Waals surface area (Å²) >= 11 is 0. The third-order valence-electron chi connectivity index (χ3n) is 4.24. The number of amides is 1. The van der Waals surface area contributed by atoms with Gasteiger partial charge in [-0.25, -0.2) is 9.00 Å². The van der Waals surface area contributed by atoms with Crippen molar-refractivity contribution in [1.29, 1.82) is 4.78 Å². The molecule has 0 bridgehead atoms. The van der Waals surface area contributed by atoms with Gasteiger partial charge in [0.25, 0.3) is 0 Å². The Morgan fingerprint density at radius 3 is 2.36 bits per heavy atom. The number of benzene rings is 1. The molecule has 0 aromatic heterocycles. The van der Waals surface area contributed by atoms with Gasteiger partial charge in [-0.3, -0.25) is 9.68 Å². The summed E-state index contributed by atoms with van der Waals surface area (Å²) in [5, 5.41) is 0. The topological polar surface area (TPSA) is 73.7 Å². The zero-order valence-corrected chi connectivity index (χ0v) is 13.5. The third-order valence-corrected chi connectivity index (χ3v) is 5.92. The van der Waals surface area contributed by atoms with Crippen molar-refractivity contribution in [1.82, 2.24) is 0 Å². The molecule has 0 aliphatic carbocycles. The lowest BCUT2D eigenvalue weighted by molar-refractivity contribution is 0.139. The highest BCUT2D eigenvalue weighted by Crippen LogP contribution is 2.26. The van der Waals surface area contributed by atoms with Crippen molar-refractivity contribution in [2.45, 2.75) is 19.4 Å². The van der Waals surface area contributed by atoms with Gasteiger partial charge in [-0.15, -0.1) is 0 Å². The van der Waals surface area contributed by atoms with Crippen LogP contribution in [0.25, 0.3) is 0 Å². The minimum absolute atomic E-state index is 0.0283. The molecule has 3 rings (SSSR count). The molecule has 0 radical (unpaired) electrons. The van der Waals surface area contributed by atoms with E-state index in [-0.39, 0.29) is 12.2 Å². The fraction of sp³-hybridized carbons (Fsp3) is 0.533. The summed E-state index contributed by atoms with van der Waals surface area (Å²) in [5.74, 6) is 0.844. The van der Waals surface area contributed by atoms with E-state index >= 15 is 0 Å². The molecule has 2 saturated heterocycles. The van der Waals surface area contributed by atoms with Gasteiger partial charge in [0.05, 0.1) is 6.54 Å². The van der Waals surface area contributed by atoms with E-state index in [1.54, 1.807) is 4.90 Å². The minimum atomic E-state index is -2.37. The molecule has 2 aliphatic rings. The zero-order chi connectivity index (χ0) is 15.7. The maximum atomic E-state index is 11.8. The second-order valence-electron chi connectivity index (χ2n) is 5.75. The van der Waals surface area contributed by atoms with Crippen LogP contribution in [0.15, 0.2) is 24.3 Å². The summed E-state index contributed by atoms with van der Waals surface area (Å²) in [6.45, 7) is 3.89. The van der Waals surface area contributed by atoms with Gasteiger partial charge in [-0.1, -0.05) is 6.92 Å². The molecular formula is C15H21N3O3S. The third kappa shape index (κ3) is 3.04. The van der Waals surface area contributed by atoms with Crippen molar-refractivity contribution >= 4 is 27.2 Å². The standard InChI is InChI=1S/C15H21N3O3S/c1-2-14-11-18(15(19)21-14)13-5-3-12(4-6-13)17-7-9-22(16,20)10-8-17/h3-6,14,16H,2,7-11H2,1H3. The molecule has 1 N–H and O–H groups in total. The number of ether oxygens (including phenoxy) is 1. The molecule has 1 aromatic rings. The van der Waals surface area contributed by atoms with Crippen molar-refractivity contribution in [3.05, 3.63) is 24.3 Å². The van der Waals surface area contributed by atoms with E-state index in [1.807, 2.05) is 31.2 Å². The molecule has 0 saturated carbocycles. The number of rotatable bonds is 3. The molecule has 2 fully saturated rings. The van der Waals surface area contributed by atoms with Gasteiger partial charge < -0.3 is 9.64 Å². The van der Waals surface area contributed by atoms with Gasteiger partial charge in [0, 0.05) is 45.7 Å². The molecule has 1 unspecified atom stereocenters. The lowest BCUT2D eigenvalue weighted by atomic mass is 10.2. The molecule has 1 atom stereocenters. The van der Waals surface area contributed by atoms with Gasteiger partial charge in [0.2, 0.25) is 0 Å². The lowest BCUT2D eigenvalue weighted by Gasteiger charge is -2.30. The fourth-order valence-corrected chi connectivity index (χ4v) is 4.01. The smallest absolute Gasteiger partial charge is 0.414 e. The minimum Gasteiger partial charge on any atom is -0.444 e. The predicted molar refractivity (Wildman–Crippen MR) is 87.2 cm³/mol. The molecule has 1 aromatic carbocycles. The molecule has 7 heteroatoms. The first-order valence-electron chi connectivity index (χ1n) is 7.56. The number of hydrogen-bond donors (Lipinski definition) is 1. The number of nitrogens with zero attached hydrogens (tertiary/aromatic N) is 2. The van der Waals surface area contributed by atoms with Gasteiger partial charge >= 0.3 is 6.09 Å². The van der Waals surface area contributed by atoms with Crippen LogP contribution in [-0.4, -0.2) is 47.5 Å². The molecule has 1 amide bonds. The Hall–Kier alpha value is -1.76. The molecular weight excluding hydrogens is 302 g/mol. The van der Waals surface area contributed by atoms with Crippen LogP contribution in [0.1, 0.15) is 13.3 Å². The van der Waals surface area contributed by atoms with Gasteiger partial charge in [0.15, 0.2) is 0 Å². The quantitative estimate of drug-likeness (QED) is 0.926. The average molecular weight is 323 g/mol. The SMILES string of the molecule is CCC1CN(c2ccc(N3CCS(=N)(=O)CC3)cc2)C(=O)O1. The molecule has 2 aliphatic heterocycles. The van der Waals surface area contributed by atoms with Crippen molar-refractivity contribution in [3.63, 3.8) is 0 Å². The first-order chi connectivity index (χ1) is 10.5. The zero-order valence-electron chi connectivity index (χ0n) is 12.7. The Morgan fingerprint density at radius 1 is 1.23 bits per heavy atom. The van der Waals surface area contributed by atoms with E-state index in [0.29, 0.717) is 31.1 Å². The molecule has 0 spiro atoms. The van der Waals surface area contributed by atoms with Crippen molar-refractivity contribution in [2.24, 2.45) is 0 Å². The van der Waals surface area contributed by atoms with Crippen molar-refractivity contribution in [3.8, 4) is 0 Å². The summed E-state index contributed by atoms with van der Waals surface area (Å²) in [4.78, 5) is 15.6. The van der Waals surface area contributed by atoms with Gasteiger partial charge in [0.1, 0.15) is 6.10 Å². The van der Waals surface area contributed by atoms with Crippen LogP contribution in [0, 0.1) is 4.78 Å². The Kier molecular flexibility index (Phi) is 3.99. The molecule has 120 valence electrons. The predicted octanol–water partition coefficient (Wildman–Crippen LogP) is 2.29. The first-order valence-corrected chi connectivity index (χ1v) is 9.45. The van der Waals surface area contributed by atoms with Crippen molar-refractivity contribution < 1.29 is 13.7 Å². The highest BCUT2D eigenvalue weighted by molar-refractivity contribution is 7.92. The second-order valence-corrected chi connectivity index (χ2v) is 8.19. The largest absolute Gasteiger partial charge is 0.444 e. The van der Waals surface area contributed by atoms with Gasteiger partial charge in [-0.2, -0.15) is 0 Å². The van der Waals surface area contributed by atoms with E-state index in [9.17, 15) is 9.00 Å². The van der Waals surface area contributed by atoms with Crippen LogP contribution >= 0.6 is 0 Å². The molecule has 6 nitrogen and oxygen atoms in total. The Morgan fingerprint density at radius 2 is 1.82 bits per heavy atom. The van der Waals surface area contributed by atoms with Crippen LogP contribution < -0.4 is 9.80 Å². The van der Waals surface area contributed by atoms with E-state index in [0.717, 1.165) is 17.8 Å². The number of cyclic esters (lactones) is 1. The Labute approximate surface area is 131 Å². The Balaban J connectivity index is 1.70.